The summed E-state index contributed by atoms with van der Waals surface area (Å²) >= 11 is 0. The lowest BCUT2D eigenvalue weighted by atomic mass is 9.83. The molecule has 4 aromatic rings. The van der Waals surface area contributed by atoms with Crippen LogP contribution in [0.3, 0.4) is 0 Å². The Morgan fingerprint density at radius 3 is 1.88 bits per heavy atom. The average molecular weight is 565 g/mol. The summed E-state index contributed by atoms with van der Waals surface area (Å²) < 4.78 is 25.1. The second-order valence-corrected chi connectivity index (χ2v) is 10.9. The van der Waals surface area contributed by atoms with Crippen LogP contribution in [0.4, 0.5) is 0 Å². The Morgan fingerprint density at radius 2 is 1.29 bits per heavy atom. The standard InChI is InChI=1S/C37H40O5/c1-4-33-26(2)35(40-24-28-13-7-5-8-14-28)37(41-25-29-15-9-6-10-16-29)36(42-33)34(38)32-18-12-11-17-30(32)23-27-19-21-31(39-3)22-20-27/h5-22,26,33,35-37H,4,23-25H2,1-3H3/t26-,33-,35+,36+,37-/m1/s1. The van der Waals surface area contributed by atoms with Crippen molar-refractivity contribution in [2.75, 3.05) is 7.11 Å². The van der Waals surface area contributed by atoms with E-state index >= 15 is 0 Å². The summed E-state index contributed by atoms with van der Waals surface area (Å²) in [6.07, 6.45) is -0.439. The molecule has 0 unspecified atom stereocenters. The minimum atomic E-state index is -0.798. The van der Waals surface area contributed by atoms with Crippen LogP contribution in [-0.4, -0.2) is 37.3 Å². The number of hydrogen-bond acceptors (Lipinski definition) is 5. The third kappa shape index (κ3) is 7.16. The highest BCUT2D eigenvalue weighted by molar-refractivity contribution is 6.01. The van der Waals surface area contributed by atoms with E-state index in [0.29, 0.717) is 25.2 Å². The van der Waals surface area contributed by atoms with E-state index in [1.54, 1.807) is 7.11 Å². The van der Waals surface area contributed by atoms with Crippen molar-refractivity contribution in [1.29, 1.82) is 0 Å². The highest BCUT2D eigenvalue weighted by Crippen LogP contribution is 2.35. The van der Waals surface area contributed by atoms with Gasteiger partial charge in [0.25, 0.3) is 0 Å². The van der Waals surface area contributed by atoms with Crippen LogP contribution in [0.15, 0.2) is 109 Å². The van der Waals surface area contributed by atoms with Crippen molar-refractivity contribution in [2.45, 2.75) is 64.3 Å². The van der Waals surface area contributed by atoms with Crippen LogP contribution in [0.5, 0.6) is 5.75 Å². The van der Waals surface area contributed by atoms with Crippen LogP contribution in [-0.2, 0) is 33.8 Å². The molecule has 0 N–H and O–H groups in total. The maximum Gasteiger partial charge on any atom is 0.194 e. The van der Waals surface area contributed by atoms with Crippen molar-refractivity contribution in [1.82, 2.24) is 0 Å². The first-order valence-electron chi connectivity index (χ1n) is 14.8. The number of Topliss-reactive ketones (excluding diaryl/α,β-unsaturated/α-hetero) is 1. The number of benzene rings is 4. The zero-order valence-electron chi connectivity index (χ0n) is 24.6. The number of ketones is 1. The maximum atomic E-state index is 14.4. The predicted octanol–water partition coefficient (Wildman–Crippen LogP) is 7.45. The second-order valence-electron chi connectivity index (χ2n) is 10.9. The lowest BCUT2D eigenvalue weighted by Gasteiger charge is -2.45. The zero-order chi connectivity index (χ0) is 29.3. The number of rotatable bonds is 12. The molecule has 1 aliphatic rings. The van der Waals surface area contributed by atoms with Gasteiger partial charge in [-0.25, -0.2) is 0 Å². The number of hydrogen-bond donors (Lipinski definition) is 0. The molecule has 0 radical (unpaired) electrons. The first kappa shape index (κ1) is 29.7. The van der Waals surface area contributed by atoms with E-state index in [4.69, 9.17) is 18.9 Å². The Balaban J connectivity index is 1.45. The van der Waals surface area contributed by atoms with Crippen molar-refractivity contribution >= 4 is 5.78 Å². The molecule has 5 heteroatoms. The van der Waals surface area contributed by atoms with Gasteiger partial charge < -0.3 is 18.9 Å². The molecular formula is C37H40O5. The molecule has 218 valence electrons. The number of ether oxygens (including phenoxy) is 4. The molecule has 0 saturated carbocycles. The molecule has 5 nitrogen and oxygen atoms in total. The van der Waals surface area contributed by atoms with Crippen LogP contribution < -0.4 is 4.74 Å². The summed E-state index contributed by atoms with van der Waals surface area (Å²) in [5, 5.41) is 0. The van der Waals surface area contributed by atoms with Gasteiger partial charge in [0.05, 0.1) is 32.5 Å². The van der Waals surface area contributed by atoms with E-state index in [2.05, 4.69) is 26.0 Å². The first-order valence-corrected chi connectivity index (χ1v) is 14.8. The van der Waals surface area contributed by atoms with Gasteiger partial charge in [0, 0.05) is 11.5 Å². The van der Waals surface area contributed by atoms with Crippen molar-refractivity contribution in [3.63, 3.8) is 0 Å². The number of carbonyl (C=O) groups is 1. The summed E-state index contributed by atoms with van der Waals surface area (Å²) in [5.41, 5.74) is 4.82. The van der Waals surface area contributed by atoms with Crippen LogP contribution in [0.25, 0.3) is 0 Å². The van der Waals surface area contributed by atoms with Crippen molar-refractivity contribution < 1.29 is 23.7 Å². The van der Waals surface area contributed by atoms with Crippen LogP contribution >= 0.6 is 0 Å². The van der Waals surface area contributed by atoms with Crippen molar-refractivity contribution in [2.24, 2.45) is 5.92 Å². The van der Waals surface area contributed by atoms with E-state index in [9.17, 15) is 4.79 Å². The van der Waals surface area contributed by atoms with E-state index in [0.717, 1.165) is 34.4 Å². The van der Waals surface area contributed by atoms with Crippen LogP contribution in [0.1, 0.15) is 52.9 Å². The molecule has 1 heterocycles. The Hall–Kier alpha value is -3.77. The van der Waals surface area contributed by atoms with Gasteiger partial charge in [-0.1, -0.05) is 111 Å². The smallest absolute Gasteiger partial charge is 0.194 e. The van der Waals surface area contributed by atoms with Crippen LogP contribution in [0.2, 0.25) is 0 Å². The summed E-state index contributed by atoms with van der Waals surface area (Å²) in [6.45, 7) is 5.04. The topological polar surface area (TPSA) is 54.0 Å². The first-order chi connectivity index (χ1) is 20.6. The van der Waals surface area contributed by atoms with Crippen molar-refractivity contribution in [3.8, 4) is 5.75 Å². The Morgan fingerprint density at radius 1 is 0.714 bits per heavy atom. The molecule has 0 spiro atoms. The Labute approximate surface area is 249 Å². The summed E-state index contributed by atoms with van der Waals surface area (Å²) in [4.78, 5) is 14.4. The second kappa shape index (κ2) is 14.4. The molecule has 0 bridgehead atoms. The van der Waals surface area contributed by atoms with E-state index in [1.807, 2.05) is 97.1 Å². The number of methoxy groups -OCH3 is 1. The molecule has 1 fully saturated rings. The van der Waals surface area contributed by atoms with Crippen molar-refractivity contribution in [3.05, 3.63) is 137 Å². The van der Waals surface area contributed by atoms with Gasteiger partial charge in [0.2, 0.25) is 0 Å². The number of carbonyl (C=O) groups excluding carboxylic acids is 1. The SMILES string of the molecule is CC[C@H]1O[C@@H](C(=O)c2ccccc2Cc2ccc(OC)cc2)[C@H](OCc2ccccc2)[C@@H](OCc2ccccc2)[C@@H]1C. The zero-order valence-corrected chi connectivity index (χ0v) is 24.6. The van der Waals surface area contributed by atoms with E-state index in [1.165, 1.54) is 0 Å². The molecule has 4 aromatic carbocycles. The van der Waals surface area contributed by atoms with Crippen LogP contribution in [0, 0.1) is 5.92 Å². The largest absolute Gasteiger partial charge is 0.497 e. The van der Waals surface area contributed by atoms with Gasteiger partial charge in [-0.3, -0.25) is 4.79 Å². The maximum absolute atomic E-state index is 14.4. The molecular weight excluding hydrogens is 524 g/mol. The lowest BCUT2D eigenvalue weighted by molar-refractivity contribution is -0.218. The Kier molecular flexibility index (Phi) is 10.2. The fraction of sp³-hybridized carbons (Fsp3) is 0.324. The summed E-state index contributed by atoms with van der Waals surface area (Å²) in [6, 6.07) is 35.9. The molecule has 0 aliphatic carbocycles. The molecule has 1 saturated heterocycles. The van der Waals surface area contributed by atoms with E-state index < -0.39 is 12.2 Å². The quantitative estimate of drug-likeness (QED) is 0.167. The minimum Gasteiger partial charge on any atom is -0.497 e. The molecule has 0 aromatic heterocycles. The van der Waals surface area contributed by atoms with Gasteiger partial charge in [0.15, 0.2) is 5.78 Å². The van der Waals surface area contributed by atoms with Gasteiger partial charge in [-0.05, 0) is 47.2 Å². The van der Waals surface area contributed by atoms with Gasteiger partial charge in [-0.2, -0.15) is 0 Å². The highest BCUT2D eigenvalue weighted by atomic mass is 16.6. The molecule has 0 amide bonds. The highest BCUT2D eigenvalue weighted by Gasteiger charge is 2.48. The molecule has 5 rings (SSSR count). The Bertz CT molecular complexity index is 1400. The summed E-state index contributed by atoms with van der Waals surface area (Å²) in [7, 11) is 1.66. The normalized spacial score (nSPS) is 22.0. The molecule has 42 heavy (non-hydrogen) atoms. The molecule has 1 aliphatic heterocycles. The molecule has 5 atom stereocenters. The van der Waals surface area contributed by atoms with Gasteiger partial charge in [-0.15, -0.1) is 0 Å². The monoisotopic (exact) mass is 564 g/mol. The third-order valence-electron chi connectivity index (χ3n) is 8.12. The minimum absolute atomic E-state index is 0.0399. The van der Waals surface area contributed by atoms with E-state index in [-0.39, 0.29) is 23.9 Å². The third-order valence-corrected chi connectivity index (χ3v) is 8.12. The lowest BCUT2D eigenvalue weighted by Crippen LogP contribution is -2.58. The average Bonchev–Trinajstić information content (AvgIpc) is 3.04. The fourth-order valence-corrected chi connectivity index (χ4v) is 5.75. The fourth-order valence-electron chi connectivity index (χ4n) is 5.75. The van der Waals surface area contributed by atoms with Gasteiger partial charge in [0.1, 0.15) is 18.0 Å². The predicted molar refractivity (Wildman–Crippen MR) is 165 cm³/mol. The summed E-state index contributed by atoms with van der Waals surface area (Å²) in [5.74, 6) is 0.771. The van der Waals surface area contributed by atoms with Gasteiger partial charge >= 0.3 is 0 Å².